The number of benzene rings is 3. The van der Waals surface area contributed by atoms with E-state index in [-0.39, 0.29) is 0 Å². The third kappa shape index (κ3) is 3.20. The fourth-order valence-electron chi connectivity index (χ4n) is 2.87. The molecule has 0 atom stereocenters. The van der Waals surface area contributed by atoms with Crippen LogP contribution in [0.5, 0.6) is 17.2 Å². The number of para-hydroxylation sites is 2. The third-order valence-corrected chi connectivity index (χ3v) is 4.16. The third-order valence-electron chi connectivity index (χ3n) is 4.16. The lowest BCUT2D eigenvalue weighted by Gasteiger charge is -2.08. The van der Waals surface area contributed by atoms with Crippen molar-refractivity contribution in [2.75, 3.05) is 7.11 Å². The maximum absolute atomic E-state index is 11.7. The monoisotopic (exact) mass is 360 g/mol. The number of ether oxygens (including phenoxy) is 2. The molecule has 0 bridgehead atoms. The minimum atomic E-state index is -1.07. The summed E-state index contributed by atoms with van der Waals surface area (Å²) in [6.45, 7) is 0. The Balaban J connectivity index is 1.65. The summed E-state index contributed by atoms with van der Waals surface area (Å²) >= 11 is 0. The molecule has 6 nitrogen and oxygen atoms in total. The smallest absolute Gasteiger partial charge is 0.417 e. The molecule has 4 aromatic rings. The number of hydrogen-bond acceptors (Lipinski definition) is 4. The van der Waals surface area contributed by atoms with Gasteiger partial charge in [-0.25, -0.2) is 14.3 Å². The van der Waals surface area contributed by atoms with Gasteiger partial charge in [-0.2, -0.15) is 0 Å². The van der Waals surface area contributed by atoms with Gasteiger partial charge < -0.3 is 14.6 Å². The molecule has 0 aliphatic carbocycles. The first kappa shape index (κ1) is 16.7. The van der Waals surface area contributed by atoms with E-state index in [4.69, 9.17) is 9.47 Å². The molecule has 1 heterocycles. The van der Waals surface area contributed by atoms with Crippen molar-refractivity contribution in [3.05, 3.63) is 72.8 Å². The van der Waals surface area contributed by atoms with E-state index < -0.39 is 6.09 Å². The Morgan fingerprint density at radius 1 is 0.889 bits per heavy atom. The molecule has 0 unspecified atom stereocenters. The Hall–Kier alpha value is -3.80. The van der Waals surface area contributed by atoms with Crippen LogP contribution < -0.4 is 9.47 Å². The summed E-state index contributed by atoms with van der Waals surface area (Å²) < 4.78 is 12.1. The van der Waals surface area contributed by atoms with Gasteiger partial charge in [0.1, 0.15) is 17.2 Å². The molecule has 27 heavy (non-hydrogen) atoms. The number of carbonyl (C=O) groups is 1. The molecular weight excluding hydrogens is 344 g/mol. The molecule has 1 aromatic heterocycles. The fourth-order valence-corrected chi connectivity index (χ4v) is 2.87. The summed E-state index contributed by atoms with van der Waals surface area (Å²) in [7, 11) is 1.61. The van der Waals surface area contributed by atoms with Gasteiger partial charge in [0.25, 0.3) is 0 Å². The second-order valence-corrected chi connectivity index (χ2v) is 5.84. The van der Waals surface area contributed by atoms with Gasteiger partial charge >= 0.3 is 6.09 Å². The molecule has 0 aliphatic heterocycles. The molecule has 0 spiro atoms. The maximum atomic E-state index is 11.7. The van der Waals surface area contributed by atoms with Gasteiger partial charge in [-0.1, -0.05) is 12.1 Å². The lowest BCUT2D eigenvalue weighted by molar-refractivity contribution is 0.197. The van der Waals surface area contributed by atoms with Crippen molar-refractivity contribution in [2.45, 2.75) is 0 Å². The van der Waals surface area contributed by atoms with Crippen molar-refractivity contribution in [1.82, 2.24) is 9.55 Å². The molecule has 4 rings (SSSR count). The fraction of sp³-hybridized carbons (Fsp3) is 0.0476. The van der Waals surface area contributed by atoms with Crippen molar-refractivity contribution in [3.8, 4) is 28.6 Å². The second kappa shape index (κ2) is 6.84. The van der Waals surface area contributed by atoms with Crippen LogP contribution in [0.4, 0.5) is 4.79 Å². The highest BCUT2D eigenvalue weighted by molar-refractivity contribution is 5.91. The van der Waals surface area contributed by atoms with E-state index in [1.54, 1.807) is 49.6 Å². The van der Waals surface area contributed by atoms with Gasteiger partial charge in [0.05, 0.1) is 18.1 Å². The summed E-state index contributed by atoms with van der Waals surface area (Å²) in [5.74, 6) is 2.45. The van der Waals surface area contributed by atoms with E-state index in [0.717, 1.165) is 5.75 Å². The quantitative estimate of drug-likeness (QED) is 0.552. The SMILES string of the molecule is COc1ccc(Oc2ccc(-c3nc4ccccc4n3C(=O)O)cc2)cc1. The zero-order valence-corrected chi connectivity index (χ0v) is 14.5. The number of carboxylic acid groups (broad SMARTS) is 1. The van der Waals surface area contributed by atoms with Crippen LogP contribution in [0.25, 0.3) is 22.4 Å². The molecule has 0 saturated carbocycles. The predicted molar refractivity (Wildman–Crippen MR) is 102 cm³/mol. The van der Waals surface area contributed by atoms with Gasteiger partial charge in [0, 0.05) is 5.56 Å². The van der Waals surface area contributed by atoms with E-state index in [1.807, 2.05) is 30.3 Å². The standard InChI is InChI=1S/C21H16N2O4/c1-26-15-10-12-17(13-11-15)27-16-8-6-14(7-9-16)20-22-18-4-2-3-5-19(18)23(20)21(24)25/h2-13H,1H3,(H,24,25). The Labute approximate surface area is 155 Å². The molecule has 0 aliphatic rings. The van der Waals surface area contributed by atoms with Crippen molar-refractivity contribution >= 4 is 17.1 Å². The van der Waals surface area contributed by atoms with E-state index in [2.05, 4.69) is 4.98 Å². The summed E-state index contributed by atoms with van der Waals surface area (Å²) in [4.78, 5) is 16.2. The first-order valence-electron chi connectivity index (χ1n) is 8.29. The number of fused-ring (bicyclic) bond motifs is 1. The Morgan fingerprint density at radius 3 is 2.11 bits per heavy atom. The molecule has 134 valence electrons. The molecule has 0 amide bonds. The van der Waals surface area contributed by atoms with E-state index in [1.165, 1.54) is 4.57 Å². The summed E-state index contributed by atoms with van der Waals surface area (Å²) in [5, 5.41) is 9.59. The summed E-state index contributed by atoms with van der Waals surface area (Å²) in [6, 6.07) is 21.6. The first-order chi connectivity index (χ1) is 13.2. The first-order valence-corrected chi connectivity index (χ1v) is 8.29. The molecule has 0 saturated heterocycles. The van der Waals surface area contributed by atoms with Crippen molar-refractivity contribution in [2.24, 2.45) is 0 Å². The Kier molecular flexibility index (Phi) is 4.22. The predicted octanol–water partition coefficient (Wildman–Crippen LogP) is 5.03. The van der Waals surface area contributed by atoms with Crippen LogP contribution in [0.2, 0.25) is 0 Å². The maximum Gasteiger partial charge on any atom is 0.417 e. The van der Waals surface area contributed by atoms with Crippen LogP contribution in [0, 0.1) is 0 Å². The molecule has 0 fully saturated rings. The number of nitrogens with zero attached hydrogens (tertiary/aromatic N) is 2. The van der Waals surface area contributed by atoms with Gasteiger partial charge in [-0.15, -0.1) is 0 Å². The van der Waals surface area contributed by atoms with Crippen molar-refractivity contribution < 1.29 is 19.4 Å². The number of imidazole rings is 1. The number of aromatic nitrogens is 2. The van der Waals surface area contributed by atoms with Crippen LogP contribution in [-0.4, -0.2) is 27.9 Å². The average Bonchev–Trinajstić information content (AvgIpc) is 3.09. The van der Waals surface area contributed by atoms with Crippen molar-refractivity contribution in [3.63, 3.8) is 0 Å². The number of rotatable bonds is 4. The zero-order valence-electron chi connectivity index (χ0n) is 14.5. The Bertz CT molecular complexity index is 1100. The number of methoxy groups -OCH3 is 1. The van der Waals surface area contributed by atoms with Gasteiger partial charge in [-0.05, 0) is 60.7 Å². The largest absolute Gasteiger partial charge is 0.497 e. The second-order valence-electron chi connectivity index (χ2n) is 5.84. The van der Waals surface area contributed by atoms with Gasteiger partial charge in [0.2, 0.25) is 0 Å². The van der Waals surface area contributed by atoms with E-state index in [9.17, 15) is 9.90 Å². The minimum absolute atomic E-state index is 0.375. The molecule has 0 radical (unpaired) electrons. The van der Waals surface area contributed by atoms with Crippen LogP contribution in [0.1, 0.15) is 0 Å². The highest BCUT2D eigenvalue weighted by atomic mass is 16.5. The van der Waals surface area contributed by atoms with Crippen LogP contribution >= 0.6 is 0 Å². The lowest BCUT2D eigenvalue weighted by atomic mass is 10.2. The van der Waals surface area contributed by atoms with Crippen LogP contribution in [0.15, 0.2) is 72.8 Å². The van der Waals surface area contributed by atoms with E-state index >= 15 is 0 Å². The lowest BCUT2D eigenvalue weighted by Crippen LogP contribution is -2.09. The minimum Gasteiger partial charge on any atom is -0.497 e. The van der Waals surface area contributed by atoms with E-state index in [0.29, 0.717) is 33.9 Å². The van der Waals surface area contributed by atoms with Gasteiger partial charge in [-0.3, -0.25) is 0 Å². The zero-order chi connectivity index (χ0) is 18.8. The molecule has 6 heteroatoms. The van der Waals surface area contributed by atoms with Gasteiger partial charge in [0.15, 0.2) is 5.82 Å². The summed E-state index contributed by atoms with van der Waals surface area (Å²) in [5.41, 5.74) is 1.88. The highest BCUT2D eigenvalue weighted by Gasteiger charge is 2.17. The molecule has 3 aromatic carbocycles. The topological polar surface area (TPSA) is 73.6 Å². The normalized spacial score (nSPS) is 10.7. The average molecular weight is 360 g/mol. The summed E-state index contributed by atoms with van der Waals surface area (Å²) in [6.07, 6.45) is -1.07. The van der Waals surface area contributed by atoms with Crippen molar-refractivity contribution in [1.29, 1.82) is 0 Å². The Morgan fingerprint density at radius 2 is 1.48 bits per heavy atom. The molecular formula is C21H16N2O4. The van der Waals surface area contributed by atoms with Crippen LogP contribution in [-0.2, 0) is 0 Å². The molecule has 1 N–H and O–H groups in total. The number of hydrogen-bond donors (Lipinski definition) is 1. The highest BCUT2D eigenvalue weighted by Crippen LogP contribution is 2.28. The van der Waals surface area contributed by atoms with Crippen LogP contribution in [0.3, 0.4) is 0 Å².